The number of carbonyl (C=O) groups is 2. The number of nitrogens with zero attached hydrogens (tertiary/aromatic N) is 3. The maximum Gasteiger partial charge on any atom is 0.320 e. The van der Waals surface area contributed by atoms with E-state index in [-0.39, 0.29) is 35.8 Å². The second-order valence-corrected chi connectivity index (χ2v) is 12.5. The van der Waals surface area contributed by atoms with Gasteiger partial charge in [0, 0.05) is 58.3 Å². The molecule has 1 atom stereocenters. The number of hydrogen-bond acceptors (Lipinski definition) is 6. The van der Waals surface area contributed by atoms with Crippen LogP contribution in [0.5, 0.6) is 0 Å². The molecule has 0 bridgehead atoms. The van der Waals surface area contributed by atoms with E-state index >= 15 is 0 Å². The molecule has 1 saturated heterocycles. The molecule has 1 N–H and O–H groups in total. The smallest absolute Gasteiger partial charge is 0.320 e. The summed E-state index contributed by atoms with van der Waals surface area (Å²) in [6.07, 6.45) is 0.802. The summed E-state index contributed by atoms with van der Waals surface area (Å²) in [6.45, 7) is 25.4. The van der Waals surface area contributed by atoms with Gasteiger partial charge in [-0.25, -0.2) is 0 Å². The van der Waals surface area contributed by atoms with E-state index in [1.807, 2.05) is 20.8 Å². The summed E-state index contributed by atoms with van der Waals surface area (Å²) >= 11 is 0. The van der Waals surface area contributed by atoms with Crippen LogP contribution in [0.25, 0.3) is 0 Å². The first-order valence-corrected chi connectivity index (χ1v) is 12.1. The van der Waals surface area contributed by atoms with Crippen LogP contribution in [0.2, 0.25) is 0 Å². The van der Waals surface area contributed by atoms with Gasteiger partial charge in [-0.2, -0.15) is 0 Å². The number of carboxylic acids is 1. The molecule has 0 aromatic rings. The van der Waals surface area contributed by atoms with Crippen molar-refractivity contribution < 1.29 is 19.4 Å². The Morgan fingerprint density at radius 2 is 1.34 bits per heavy atom. The van der Waals surface area contributed by atoms with E-state index in [1.165, 1.54) is 0 Å². The topological polar surface area (TPSA) is 73.3 Å². The van der Waals surface area contributed by atoms with E-state index in [0.717, 1.165) is 45.8 Å². The van der Waals surface area contributed by atoms with E-state index < -0.39 is 11.6 Å². The molecule has 0 saturated carbocycles. The Labute approximate surface area is 196 Å². The average Bonchev–Trinajstić information content (AvgIpc) is 2.63. The average molecular weight is 456 g/mol. The number of esters is 1. The zero-order valence-electron chi connectivity index (χ0n) is 22.2. The summed E-state index contributed by atoms with van der Waals surface area (Å²) in [5.74, 6) is -0.937. The zero-order chi connectivity index (χ0) is 24.7. The highest BCUT2D eigenvalue weighted by Gasteiger charge is 2.32. The minimum Gasteiger partial charge on any atom is -0.481 e. The summed E-state index contributed by atoms with van der Waals surface area (Å²) in [7, 11) is 0. The van der Waals surface area contributed by atoms with Crippen molar-refractivity contribution in [3.05, 3.63) is 0 Å². The van der Waals surface area contributed by atoms with Gasteiger partial charge in [0.1, 0.15) is 5.60 Å². The van der Waals surface area contributed by atoms with Crippen molar-refractivity contribution in [2.45, 2.75) is 86.8 Å². The monoisotopic (exact) mass is 455 g/mol. The molecule has 0 aromatic carbocycles. The standard InChI is InChI=1S/C25H49N3O4/c1-23(2,3)19-27-13-12-26(18-22(31)32-25(7,8)9)14-16-28(17-15-27)20(24(4,5)6)10-11-21(29)30/h20H,10-19H2,1-9H3,(H,29,30)/t20-/m1/s1. The van der Waals surface area contributed by atoms with Crippen LogP contribution >= 0.6 is 0 Å². The van der Waals surface area contributed by atoms with Gasteiger partial charge in [-0.3, -0.25) is 19.4 Å². The van der Waals surface area contributed by atoms with Crippen molar-refractivity contribution in [1.82, 2.24) is 14.7 Å². The van der Waals surface area contributed by atoms with E-state index in [9.17, 15) is 14.7 Å². The fourth-order valence-corrected chi connectivity index (χ4v) is 4.44. The van der Waals surface area contributed by atoms with E-state index in [1.54, 1.807) is 0 Å². The van der Waals surface area contributed by atoms with E-state index in [4.69, 9.17) is 4.74 Å². The van der Waals surface area contributed by atoms with Gasteiger partial charge in [-0.15, -0.1) is 0 Å². The number of carbonyl (C=O) groups excluding carboxylic acids is 1. The van der Waals surface area contributed by atoms with Crippen LogP contribution in [-0.4, -0.2) is 95.7 Å². The third-order valence-electron chi connectivity index (χ3n) is 5.68. The maximum absolute atomic E-state index is 12.5. The minimum absolute atomic E-state index is 0.0334. The predicted octanol–water partition coefficient (Wildman–Crippen LogP) is 3.57. The molecule has 1 heterocycles. The van der Waals surface area contributed by atoms with Gasteiger partial charge in [-0.1, -0.05) is 41.5 Å². The SMILES string of the molecule is CC(C)(C)CN1CCN(CC(=O)OC(C)(C)C)CCN([C@H](CCC(=O)O)C(C)(C)C)CC1. The van der Waals surface area contributed by atoms with Crippen LogP contribution < -0.4 is 0 Å². The highest BCUT2D eigenvalue weighted by atomic mass is 16.6. The Morgan fingerprint density at radius 3 is 1.81 bits per heavy atom. The van der Waals surface area contributed by atoms with Crippen LogP contribution in [0.4, 0.5) is 0 Å². The van der Waals surface area contributed by atoms with Gasteiger partial charge >= 0.3 is 11.9 Å². The maximum atomic E-state index is 12.5. The van der Waals surface area contributed by atoms with Gasteiger partial charge in [0.05, 0.1) is 6.54 Å². The Kier molecular flexibility index (Phi) is 10.6. The Morgan fingerprint density at radius 1 is 0.844 bits per heavy atom. The molecule has 7 heteroatoms. The summed E-state index contributed by atoms with van der Waals surface area (Å²) < 4.78 is 5.57. The van der Waals surface area contributed by atoms with Gasteiger partial charge in [0.15, 0.2) is 0 Å². The molecule has 1 rings (SSSR count). The Balaban J connectivity index is 3.04. The fraction of sp³-hybridized carbons (Fsp3) is 0.920. The molecule has 0 radical (unpaired) electrons. The zero-order valence-corrected chi connectivity index (χ0v) is 22.2. The second-order valence-electron chi connectivity index (χ2n) is 12.5. The van der Waals surface area contributed by atoms with Gasteiger partial charge in [0.2, 0.25) is 0 Å². The Bertz CT molecular complexity index is 602. The van der Waals surface area contributed by atoms with Crippen LogP contribution in [-0.2, 0) is 14.3 Å². The first-order valence-electron chi connectivity index (χ1n) is 12.1. The van der Waals surface area contributed by atoms with Crippen molar-refractivity contribution in [3.8, 4) is 0 Å². The molecule has 1 aliphatic heterocycles. The van der Waals surface area contributed by atoms with Crippen molar-refractivity contribution in [2.75, 3.05) is 52.4 Å². The normalized spacial score (nSPS) is 19.7. The summed E-state index contributed by atoms with van der Waals surface area (Å²) in [4.78, 5) is 30.9. The van der Waals surface area contributed by atoms with Crippen molar-refractivity contribution >= 4 is 11.9 Å². The molecule has 0 spiro atoms. The number of hydrogen-bond donors (Lipinski definition) is 1. The molecule has 0 unspecified atom stereocenters. The number of ether oxygens (including phenoxy) is 1. The van der Waals surface area contributed by atoms with Crippen LogP contribution in [0.3, 0.4) is 0 Å². The predicted molar refractivity (Wildman–Crippen MR) is 130 cm³/mol. The third kappa shape index (κ3) is 12.2. The number of aliphatic carboxylic acids is 1. The molecule has 1 aliphatic rings. The lowest BCUT2D eigenvalue weighted by molar-refractivity contribution is -0.156. The highest BCUT2D eigenvalue weighted by molar-refractivity contribution is 5.72. The summed E-state index contributed by atoms with van der Waals surface area (Å²) in [5.41, 5.74) is -0.342. The summed E-state index contributed by atoms with van der Waals surface area (Å²) in [6, 6.07) is 0.163. The van der Waals surface area contributed by atoms with Crippen LogP contribution in [0.15, 0.2) is 0 Å². The molecule has 0 aliphatic carbocycles. The molecular weight excluding hydrogens is 406 g/mol. The van der Waals surface area contributed by atoms with Gasteiger partial charge < -0.3 is 14.7 Å². The molecule has 1 fully saturated rings. The third-order valence-corrected chi connectivity index (χ3v) is 5.68. The molecule has 188 valence electrons. The molecule has 32 heavy (non-hydrogen) atoms. The first kappa shape index (κ1) is 28.9. The quantitative estimate of drug-likeness (QED) is 0.588. The number of carboxylic acid groups (broad SMARTS) is 1. The molecule has 0 amide bonds. The number of rotatable bonds is 7. The molecular formula is C25H49N3O4. The lowest BCUT2D eigenvalue weighted by Gasteiger charge is -2.41. The van der Waals surface area contributed by atoms with Crippen molar-refractivity contribution in [3.63, 3.8) is 0 Å². The summed E-state index contributed by atoms with van der Waals surface area (Å²) in [5, 5.41) is 9.29. The van der Waals surface area contributed by atoms with Crippen LogP contribution in [0.1, 0.15) is 75.2 Å². The lowest BCUT2D eigenvalue weighted by Crippen LogP contribution is -2.49. The lowest BCUT2D eigenvalue weighted by atomic mass is 9.82. The van der Waals surface area contributed by atoms with E-state index in [2.05, 4.69) is 56.2 Å². The molecule has 0 aromatic heterocycles. The fourth-order valence-electron chi connectivity index (χ4n) is 4.44. The van der Waals surface area contributed by atoms with Gasteiger partial charge in [0.25, 0.3) is 0 Å². The molecule has 7 nitrogen and oxygen atoms in total. The van der Waals surface area contributed by atoms with Crippen LogP contribution in [0, 0.1) is 10.8 Å². The Hall–Kier alpha value is -1.18. The van der Waals surface area contributed by atoms with Crippen molar-refractivity contribution in [1.29, 1.82) is 0 Å². The minimum atomic E-state index is -0.746. The highest BCUT2D eigenvalue weighted by Crippen LogP contribution is 2.28. The largest absolute Gasteiger partial charge is 0.481 e. The van der Waals surface area contributed by atoms with Crippen molar-refractivity contribution in [2.24, 2.45) is 10.8 Å². The van der Waals surface area contributed by atoms with Gasteiger partial charge in [-0.05, 0) is 38.0 Å². The second kappa shape index (κ2) is 11.8. The van der Waals surface area contributed by atoms with E-state index in [0.29, 0.717) is 6.42 Å². The first-order chi connectivity index (χ1) is 14.5.